The van der Waals surface area contributed by atoms with Crippen LogP contribution in [0.5, 0.6) is 0 Å². The molecule has 2 heterocycles. The number of halogens is 6. The number of amides is 1. The smallest absolute Gasteiger partial charge is 0.376 e. The quantitative estimate of drug-likeness (QED) is 0.454. The van der Waals surface area contributed by atoms with Crippen LogP contribution >= 0.6 is 0 Å². The number of nitrogens with zero attached hydrogens (tertiary/aromatic N) is 1. The molecule has 0 saturated heterocycles. The number of aromatic amines is 1. The first kappa shape index (κ1) is 22.8. The zero-order chi connectivity index (χ0) is 24.2. The molecule has 1 amide bonds. The van der Waals surface area contributed by atoms with E-state index >= 15 is 0 Å². The molecule has 1 aliphatic heterocycles. The Kier molecular flexibility index (Phi) is 5.27. The molecule has 2 aromatic carbocycles. The van der Waals surface area contributed by atoms with Crippen molar-refractivity contribution in [3.05, 3.63) is 70.9 Å². The lowest BCUT2D eigenvalue weighted by molar-refractivity contribution is -0.267. The number of hydrogen-bond acceptors (Lipinski definition) is 3. The lowest BCUT2D eigenvalue weighted by Crippen LogP contribution is -2.48. The molecular weight excluding hydrogens is 452 g/mol. The maximum Gasteiger partial charge on any atom is 0.422 e. The van der Waals surface area contributed by atoms with E-state index in [1.807, 2.05) is 0 Å². The lowest BCUT2D eigenvalue weighted by Gasteiger charge is -2.34. The summed E-state index contributed by atoms with van der Waals surface area (Å²) in [5.74, 6) is -2.14. The van der Waals surface area contributed by atoms with E-state index in [2.05, 4.69) is 15.5 Å². The molecule has 0 spiro atoms. The minimum absolute atomic E-state index is 0.0330. The van der Waals surface area contributed by atoms with Crippen molar-refractivity contribution in [2.75, 3.05) is 5.32 Å². The number of hydrogen-bond donors (Lipinski definition) is 3. The van der Waals surface area contributed by atoms with Gasteiger partial charge in [0.2, 0.25) is 5.91 Å². The third kappa shape index (κ3) is 3.97. The van der Waals surface area contributed by atoms with Crippen LogP contribution in [-0.2, 0) is 16.6 Å². The van der Waals surface area contributed by atoms with E-state index in [4.69, 9.17) is 0 Å². The summed E-state index contributed by atoms with van der Waals surface area (Å²) in [6.07, 6.45) is -10.8. The molecule has 174 valence electrons. The monoisotopic (exact) mass is 469 g/mol. The second-order valence-electron chi connectivity index (χ2n) is 7.87. The van der Waals surface area contributed by atoms with Gasteiger partial charge in [-0.05, 0) is 28.8 Å². The molecule has 0 bridgehead atoms. The molecular formula is C22H17F6N3O2. The topological polar surface area (TPSA) is 78.0 Å². The average Bonchev–Trinajstić information content (AvgIpc) is 3.16. The van der Waals surface area contributed by atoms with Gasteiger partial charge in [-0.2, -0.15) is 31.4 Å². The molecule has 0 saturated carbocycles. The molecule has 2 atom stereocenters. The summed E-state index contributed by atoms with van der Waals surface area (Å²) in [6, 6.07) is 11.1. The van der Waals surface area contributed by atoms with E-state index in [-0.39, 0.29) is 5.69 Å². The Balaban J connectivity index is 1.73. The highest BCUT2D eigenvalue weighted by Crippen LogP contribution is 2.49. The zero-order valence-electron chi connectivity index (χ0n) is 17.0. The number of anilines is 1. The van der Waals surface area contributed by atoms with Crippen molar-refractivity contribution in [3.8, 4) is 11.1 Å². The number of carbonyl (C=O) groups is 1. The van der Waals surface area contributed by atoms with Crippen LogP contribution < -0.4 is 5.32 Å². The van der Waals surface area contributed by atoms with Crippen LogP contribution in [0, 0.1) is 0 Å². The van der Waals surface area contributed by atoms with Crippen molar-refractivity contribution in [2.45, 2.75) is 37.2 Å². The van der Waals surface area contributed by atoms with Gasteiger partial charge in [-0.3, -0.25) is 9.89 Å². The van der Waals surface area contributed by atoms with Gasteiger partial charge >= 0.3 is 12.4 Å². The van der Waals surface area contributed by atoms with E-state index in [9.17, 15) is 36.2 Å². The molecule has 0 fully saturated rings. The highest BCUT2D eigenvalue weighted by atomic mass is 19.4. The summed E-state index contributed by atoms with van der Waals surface area (Å²) in [4.78, 5) is 11.7. The van der Waals surface area contributed by atoms with Gasteiger partial charge < -0.3 is 10.4 Å². The minimum atomic E-state index is -5.13. The van der Waals surface area contributed by atoms with Gasteiger partial charge in [-0.15, -0.1) is 0 Å². The number of alkyl halides is 6. The standard InChI is InChI=1S/C22H17F6N3O2/c1-11(18-17-19(31-30-18)29-16(32)10-20(17,33)22(26,27)28)13-3-2-4-14(9-13)12-5-7-15(8-6-12)21(23,24)25/h2-9,11,33H,10H2,1H3,(H2,29,30,31,32). The number of fused-ring (bicyclic) bond motifs is 1. The number of aromatic nitrogens is 2. The van der Waals surface area contributed by atoms with Gasteiger partial charge in [-0.25, -0.2) is 0 Å². The molecule has 33 heavy (non-hydrogen) atoms. The number of H-pyrrole nitrogens is 1. The summed E-state index contributed by atoms with van der Waals surface area (Å²) in [6.45, 7) is 1.59. The Bertz CT molecular complexity index is 1200. The van der Waals surface area contributed by atoms with Gasteiger partial charge in [0.05, 0.1) is 23.2 Å². The second kappa shape index (κ2) is 7.62. The lowest BCUT2D eigenvalue weighted by atomic mass is 9.82. The predicted molar refractivity (Wildman–Crippen MR) is 106 cm³/mol. The minimum Gasteiger partial charge on any atom is -0.376 e. The van der Waals surface area contributed by atoms with Crippen molar-refractivity contribution in [1.82, 2.24) is 10.2 Å². The maximum atomic E-state index is 13.8. The van der Waals surface area contributed by atoms with E-state index in [1.165, 1.54) is 12.1 Å². The highest BCUT2D eigenvalue weighted by Gasteiger charge is 2.61. The van der Waals surface area contributed by atoms with Crippen LogP contribution in [0.1, 0.15) is 41.6 Å². The molecule has 1 aromatic heterocycles. The summed E-state index contributed by atoms with van der Waals surface area (Å²) >= 11 is 0. The predicted octanol–water partition coefficient (Wildman–Crippen LogP) is 5.34. The fourth-order valence-electron chi connectivity index (χ4n) is 3.92. The third-order valence-corrected chi connectivity index (χ3v) is 5.72. The van der Waals surface area contributed by atoms with Gasteiger partial charge in [0.25, 0.3) is 0 Å². The normalized spacial score (nSPS) is 19.7. The molecule has 4 rings (SSSR count). The Morgan fingerprint density at radius 2 is 1.70 bits per heavy atom. The van der Waals surface area contributed by atoms with Crippen molar-refractivity contribution in [2.24, 2.45) is 0 Å². The number of rotatable bonds is 3. The number of benzene rings is 2. The van der Waals surface area contributed by atoms with E-state index in [0.717, 1.165) is 12.1 Å². The van der Waals surface area contributed by atoms with Crippen molar-refractivity contribution in [3.63, 3.8) is 0 Å². The number of aliphatic hydroxyl groups is 1. The van der Waals surface area contributed by atoms with Gasteiger partial charge in [0, 0.05) is 5.92 Å². The molecule has 11 heteroatoms. The van der Waals surface area contributed by atoms with Crippen LogP contribution in [0.2, 0.25) is 0 Å². The van der Waals surface area contributed by atoms with Gasteiger partial charge in [-0.1, -0.05) is 43.3 Å². The van der Waals surface area contributed by atoms with Crippen molar-refractivity contribution in [1.29, 1.82) is 0 Å². The van der Waals surface area contributed by atoms with Crippen LogP contribution in [-0.4, -0.2) is 27.4 Å². The van der Waals surface area contributed by atoms with Gasteiger partial charge in [0.1, 0.15) is 0 Å². The van der Waals surface area contributed by atoms with Gasteiger partial charge in [0.15, 0.2) is 11.4 Å². The van der Waals surface area contributed by atoms with Crippen molar-refractivity contribution < 1.29 is 36.2 Å². The number of nitrogens with one attached hydrogen (secondary N) is 2. The average molecular weight is 469 g/mol. The Morgan fingerprint density at radius 3 is 2.30 bits per heavy atom. The highest BCUT2D eigenvalue weighted by molar-refractivity contribution is 5.94. The summed E-state index contributed by atoms with van der Waals surface area (Å²) in [7, 11) is 0. The number of carbonyl (C=O) groups excluding carboxylic acids is 1. The molecule has 3 N–H and O–H groups in total. The van der Waals surface area contributed by atoms with Crippen molar-refractivity contribution >= 4 is 11.7 Å². The fraction of sp³-hybridized carbons (Fsp3) is 0.273. The SMILES string of the molecule is CC(c1cccc(-c2ccc(C(F)(F)F)cc2)c1)c1[nH]nc2c1C(O)(C(F)(F)F)CC(=O)N2. The zero-order valence-corrected chi connectivity index (χ0v) is 17.0. The second-order valence-corrected chi connectivity index (χ2v) is 7.87. The molecule has 0 radical (unpaired) electrons. The Hall–Kier alpha value is -3.34. The largest absolute Gasteiger partial charge is 0.422 e. The Morgan fingerprint density at radius 1 is 1.03 bits per heavy atom. The molecule has 0 aliphatic carbocycles. The molecule has 2 unspecified atom stereocenters. The fourth-order valence-corrected chi connectivity index (χ4v) is 3.92. The first-order chi connectivity index (χ1) is 15.3. The van der Waals surface area contributed by atoms with E-state index in [0.29, 0.717) is 16.7 Å². The molecule has 5 nitrogen and oxygen atoms in total. The first-order valence-electron chi connectivity index (χ1n) is 9.76. The van der Waals surface area contributed by atoms with Crippen LogP contribution in [0.4, 0.5) is 32.2 Å². The summed E-state index contributed by atoms with van der Waals surface area (Å²) in [5.41, 5.74) is -3.22. The van der Waals surface area contributed by atoms with E-state index in [1.54, 1.807) is 31.2 Å². The molecule has 1 aliphatic rings. The Labute approximate surface area is 183 Å². The third-order valence-electron chi connectivity index (χ3n) is 5.72. The summed E-state index contributed by atoms with van der Waals surface area (Å²) in [5, 5.41) is 19.0. The van der Waals surface area contributed by atoms with Crippen LogP contribution in [0.15, 0.2) is 48.5 Å². The van der Waals surface area contributed by atoms with E-state index < -0.39 is 53.1 Å². The first-order valence-corrected chi connectivity index (χ1v) is 9.76. The maximum absolute atomic E-state index is 13.8. The summed E-state index contributed by atoms with van der Waals surface area (Å²) < 4.78 is 79.7. The van der Waals surface area contributed by atoms with Crippen LogP contribution in [0.25, 0.3) is 11.1 Å². The molecule has 3 aromatic rings. The van der Waals surface area contributed by atoms with Crippen LogP contribution in [0.3, 0.4) is 0 Å².